The van der Waals surface area contributed by atoms with Gasteiger partial charge in [-0.15, -0.1) is 0 Å². The number of benzene rings is 1. The van der Waals surface area contributed by atoms with Gasteiger partial charge in [0.2, 0.25) is 0 Å². The lowest BCUT2D eigenvalue weighted by atomic mass is 9.74. The van der Waals surface area contributed by atoms with E-state index in [0.717, 1.165) is 30.3 Å². The lowest BCUT2D eigenvalue weighted by molar-refractivity contribution is -0.0834. The van der Waals surface area contributed by atoms with E-state index >= 15 is 0 Å². The van der Waals surface area contributed by atoms with Crippen LogP contribution in [0, 0.1) is 0 Å². The number of rotatable bonds is 5. The minimum Gasteiger partial charge on any atom is -0.408 e. The molecule has 1 saturated carbocycles. The van der Waals surface area contributed by atoms with Crippen LogP contribution in [0.25, 0.3) is 11.1 Å². The van der Waals surface area contributed by atoms with Crippen LogP contribution in [0.2, 0.25) is 0 Å². The number of methoxy groups -OCH3 is 1. The van der Waals surface area contributed by atoms with Gasteiger partial charge in [0.25, 0.3) is 0 Å². The van der Waals surface area contributed by atoms with E-state index in [9.17, 15) is 4.79 Å². The van der Waals surface area contributed by atoms with Crippen LogP contribution in [0.5, 0.6) is 0 Å². The van der Waals surface area contributed by atoms with Crippen LogP contribution in [-0.2, 0) is 11.8 Å². The molecule has 1 heterocycles. The van der Waals surface area contributed by atoms with Crippen LogP contribution in [-0.4, -0.2) is 24.3 Å². The summed E-state index contributed by atoms with van der Waals surface area (Å²) in [4.78, 5) is 11.6. The molecule has 5 nitrogen and oxygen atoms in total. The first-order valence-corrected chi connectivity index (χ1v) is 7.40. The largest absolute Gasteiger partial charge is 0.419 e. The number of nitrogens with zero attached hydrogens (tertiary/aromatic N) is 1. The van der Waals surface area contributed by atoms with E-state index in [1.54, 1.807) is 14.2 Å². The molecule has 21 heavy (non-hydrogen) atoms. The van der Waals surface area contributed by atoms with E-state index < -0.39 is 0 Å². The number of aromatic nitrogens is 1. The first kappa shape index (κ1) is 14.4. The van der Waals surface area contributed by atoms with Gasteiger partial charge in [-0.2, -0.15) is 0 Å². The van der Waals surface area contributed by atoms with Crippen molar-refractivity contribution in [2.75, 3.05) is 14.2 Å². The van der Waals surface area contributed by atoms with Gasteiger partial charge in [-0.05, 0) is 50.4 Å². The van der Waals surface area contributed by atoms with E-state index in [-0.39, 0.29) is 17.4 Å². The third kappa shape index (κ3) is 2.40. The summed E-state index contributed by atoms with van der Waals surface area (Å²) in [6, 6.07) is 6.15. The Hall–Kier alpha value is -1.59. The average Bonchev–Trinajstić information content (AvgIpc) is 2.73. The predicted molar refractivity (Wildman–Crippen MR) is 81.5 cm³/mol. The van der Waals surface area contributed by atoms with Crippen molar-refractivity contribution < 1.29 is 9.15 Å². The third-order valence-electron chi connectivity index (χ3n) is 4.84. The Bertz CT molecular complexity index is 692. The fourth-order valence-corrected chi connectivity index (χ4v) is 3.19. The Labute approximate surface area is 123 Å². The van der Waals surface area contributed by atoms with Gasteiger partial charge in [0.15, 0.2) is 5.58 Å². The second-order valence-electron chi connectivity index (χ2n) is 5.94. The molecule has 3 rings (SSSR count). The SMILES string of the molecule is CNC(CC1(OC)CCC1)c1ccc2c(c1)oc(=O)n2C. The van der Waals surface area contributed by atoms with Crippen LogP contribution in [0.1, 0.15) is 37.3 Å². The van der Waals surface area contributed by atoms with Gasteiger partial charge in [0, 0.05) is 20.2 Å². The average molecular weight is 290 g/mol. The molecule has 1 aromatic carbocycles. The van der Waals surface area contributed by atoms with Crippen molar-refractivity contribution in [3.8, 4) is 0 Å². The molecule has 1 fully saturated rings. The highest BCUT2D eigenvalue weighted by atomic mass is 16.5. The number of nitrogens with one attached hydrogen (secondary N) is 1. The minimum absolute atomic E-state index is 0.000158. The normalized spacial score (nSPS) is 18.6. The molecule has 1 aliphatic rings. The minimum atomic E-state index is -0.324. The van der Waals surface area contributed by atoms with Crippen molar-refractivity contribution in [3.05, 3.63) is 34.3 Å². The summed E-state index contributed by atoms with van der Waals surface area (Å²) in [6.07, 6.45) is 4.40. The molecule has 2 aromatic rings. The maximum absolute atomic E-state index is 11.6. The van der Waals surface area contributed by atoms with Crippen molar-refractivity contribution in [2.24, 2.45) is 7.05 Å². The fraction of sp³-hybridized carbons (Fsp3) is 0.562. The summed E-state index contributed by atoms with van der Waals surface area (Å²) in [7, 11) is 5.47. The summed E-state index contributed by atoms with van der Waals surface area (Å²) < 4.78 is 12.5. The zero-order valence-corrected chi connectivity index (χ0v) is 12.8. The molecule has 0 aliphatic heterocycles. The third-order valence-corrected chi connectivity index (χ3v) is 4.84. The van der Waals surface area contributed by atoms with Crippen molar-refractivity contribution >= 4 is 11.1 Å². The summed E-state index contributed by atoms with van der Waals surface area (Å²) >= 11 is 0. The lowest BCUT2D eigenvalue weighted by Crippen LogP contribution is -2.42. The molecule has 0 bridgehead atoms. The number of aryl methyl sites for hydroxylation is 1. The lowest BCUT2D eigenvalue weighted by Gasteiger charge is -2.42. The Balaban J connectivity index is 1.91. The summed E-state index contributed by atoms with van der Waals surface area (Å²) in [5.74, 6) is -0.324. The summed E-state index contributed by atoms with van der Waals surface area (Å²) in [6.45, 7) is 0. The molecule has 114 valence electrons. The van der Waals surface area contributed by atoms with Crippen LogP contribution in [0.3, 0.4) is 0 Å². The van der Waals surface area contributed by atoms with Crippen molar-refractivity contribution in [1.29, 1.82) is 0 Å². The van der Waals surface area contributed by atoms with Gasteiger partial charge in [-0.25, -0.2) is 4.79 Å². The van der Waals surface area contributed by atoms with Gasteiger partial charge in [-0.1, -0.05) is 6.07 Å². The second-order valence-corrected chi connectivity index (χ2v) is 5.94. The molecule has 1 aromatic heterocycles. The highest BCUT2D eigenvalue weighted by Crippen LogP contribution is 2.42. The summed E-state index contributed by atoms with van der Waals surface area (Å²) in [5.41, 5.74) is 2.59. The number of ether oxygens (including phenoxy) is 1. The smallest absolute Gasteiger partial charge is 0.408 e. The number of hydrogen-bond acceptors (Lipinski definition) is 4. The second kappa shape index (κ2) is 5.31. The summed E-state index contributed by atoms with van der Waals surface area (Å²) in [5, 5.41) is 3.36. The molecule has 0 saturated heterocycles. The standard InChI is InChI=1S/C16H22N2O3/c1-17-12(10-16(20-3)7-4-8-16)11-5-6-13-14(9-11)21-15(19)18(13)2/h5-6,9,12,17H,4,7-8,10H2,1-3H3. The van der Waals surface area contributed by atoms with E-state index in [0.29, 0.717) is 5.58 Å². The molecule has 0 spiro atoms. The van der Waals surface area contributed by atoms with E-state index in [1.165, 1.54) is 11.0 Å². The Morgan fingerprint density at radius 1 is 1.48 bits per heavy atom. The van der Waals surface area contributed by atoms with Crippen molar-refractivity contribution in [3.63, 3.8) is 0 Å². The zero-order chi connectivity index (χ0) is 15.0. The van der Waals surface area contributed by atoms with E-state index in [1.807, 2.05) is 19.2 Å². The molecular formula is C16H22N2O3. The number of fused-ring (bicyclic) bond motifs is 1. The quantitative estimate of drug-likeness (QED) is 0.918. The molecule has 1 atom stereocenters. The van der Waals surface area contributed by atoms with Crippen LogP contribution in [0.4, 0.5) is 0 Å². The predicted octanol–water partition coefficient (Wildman–Crippen LogP) is 2.35. The first-order chi connectivity index (χ1) is 10.1. The van der Waals surface area contributed by atoms with Gasteiger partial charge < -0.3 is 14.5 Å². The van der Waals surface area contributed by atoms with Gasteiger partial charge in [0.1, 0.15) is 0 Å². The number of oxazole rings is 1. The van der Waals surface area contributed by atoms with Gasteiger partial charge in [-0.3, -0.25) is 4.57 Å². The Kier molecular flexibility index (Phi) is 3.63. The Morgan fingerprint density at radius 3 is 2.81 bits per heavy atom. The van der Waals surface area contributed by atoms with Gasteiger partial charge >= 0.3 is 5.76 Å². The van der Waals surface area contributed by atoms with Crippen LogP contribution >= 0.6 is 0 Å². The van der Waals surface area contributed by atoms with Crippen LogP contribution < -0.4 is 11.1 Å². The molecule has 5 heteroatoms. The molecular weight excluding hydrogens is 268 g/mol. The highest BCUT2D eigenvalue weighted by molar-refractivity contribution is 5.73. The molecule has 0 amide bonds. The topological polar surface area (TPSA) is 56.4 Å². The van der Waals surface area contributed by atoms with Crippen molar-refractivity contribution in [2.45, 2.75) is 37.3 Å². The molecule has 1 N–H and O–H groups in total. The molecule has 0 radical (unpaired) electrons. The Morgan fingerprint density at radius 2 is 2.24 bits per heavy atom. The maximum Gasteiger partial charge on any atom is 0.419 e. The highest BCUT2D eigenvalue weighted by Gasteiger charge is 2.39. The fourth-order valence-electron chi connectivity index (χ4n) is 3.19. The maximum atomic E-state index is 11.6. The zero-order valence-electron chi connectivity index (χ0n) is 12.8. The van der Waals surface area contributed by atoms with Crippen molar-refractivity contribution in [1.82, 2.24) is 9.88 Å². The van der Waals surface area contributed by atoms with Gasteiger partial charge in [0.05, 0.1) is 11.1 Å². The van der Waals surface area contributed by atoms with E-state index in [2.05, 4.69) is 11.4 Å². The first-order valence-electron chi connectivity index (χ1n) is 7.40. The van der Waals surface area contributed by atoms with Crippen LogP contribution in [0.15, 0.2) is 27.4 Å². The number of hydrogen-bond donors (Lipinski definition) is 1. The monoisotopic (exact) mass is 290 g/mol. The van der Waals surface area contributed by atoms with E-state index in [4.69, 9.17) is 9.15 Å². The molecule has 1 aliphatic carbocycles. The molecule has 1 unspecified atom stereocenters.